The molecule has 1 fully saturated rings. The van der Waals surface area contributed by atoms with Gasteiger partial charge in [0.2, 0.25) is 0 Å². The molecule has 0 unspecified atom stereocenters. The maximum atomic E-state index is 12.4. The minimum Gasteiger partial charge on any atom is -0.284 e. The van der Waals surface area contributed by atoms with Crippen LogP contribution >= 0.6 is 0 Å². The Morgan fingerprint density at radius 2 is 2.00 bits per heavy atom. The highest BCUT2D eigenvalue weighted by atomic mass is 19.4. The minimum atomic E-state index is -4.83. The van der Waals surface area contributed by atoms with Crippen molar-refractivity contribution in [3.63, 3.8) is 0 Å². The number of rotatable bonds is 3. The first-order valence-corrected chi connectivity index (χ1v) is 5.46. The molecule has 2 rings (SSSR count). The van der Waals surface area contributed by atoms with Crippen LogP contribution in [0, 0.1) is 19.8 Å². The van der Waals surface area contributed by atoms with Gasteiger partial charge in [0.1, 0.15) is 0 Å². The third-order valence-corrected chi connectivity index (χ3v) is 2.99. The van der Waals surface area contributed by atoms with Crippen LogP contribution in [0.1, 0.15) is 34.6 Å². The highest BCUT2D eigenvalue weighted by Gasteiger charge is 2.42. The molecule has 1 saturated carbocycles. The molecule has 1 aliphatic carbocycles. The van der Waals surface area contributed by atoms with E-state index in [1.165, 1.54) is 18.5 Å². The van der Waals surface area contributed by atoms with Crippen LogP contribution in [0.25, 0.3) is 0 Å². The van der Waals surface area contributed by atoms with Crippen LogP contribution in [0.4, 0.5) is 13.2 Å². The Labute approximate surface area is 96.6 Å². The van der Waals surface area contributed by atoms with Gasteiger partial charge in [-0.05, 0) is 32.6 Å². The number of carbonyl (C=O) groups excluding carboxylic acids is 1. The predicted molar refractivity (Wildman–Crippen MR) is 54.8 cm³/mol. The lowest BCUT2D eigenvalue weighted by molar-refractivity contribution is -0.0886. The molecule has 6 heteroatoms. The summed E-state index contributed by atoms with van der Waals surface area (Å²) < 4.78 is 38.7. The lowest BCUT2D eigenvalue weighted by Crippen LogP contribution is -2.24. The van der Waals surface area contributed by atoms with Crippen LogP contribution in [0.15, 0.2) is 0 Å². The molecule has 1 aromatic rings. The number of alkyl halides is 3. The molecule has 0 atom stereocenters. The third kappa shape index (κ3) is 2.35. The quantitative estimate of drug-likeness (QED) is 0.768. The fraction of sp³-hybridized carbons (Fsp3) is 0.636. The van der Waals surface area contributed by atoms with Crippen molar-refractivity contribution in [2.75, 3.05) is 0 Å². The monoisotopic (exact) mass is 246 g/mol. The number of halogens is 3. The van der Waals surface area contributed by atoms with E-state index in [-0.39, 0.29) is 11.3 Å². The molecule has 0 N–H and O–H groups in total. The average molecular weight is 246 g/mol. The second-order valence-electron chi connectivity index (χ2n) is 4.50. The largest absolute Gasteiger partial charge is 0.455 e. The van der Waals surface area contributed by atoms with Crippen molar-refractivity contribution < 1.29 is 18.0 Å². The van der Waals surface area contributed by atoms with Crippen LogP contribution in [-0.2, 0) is 6.54 Å². The normalized spacial score (nSPS) is 16.3. The van der Waals surface area contributed by atoms with Crippen LogP contribution in [0.5, 0.6) is 0 Å². The van der Waals surface area contributed by atoms with Gasteiger partial charge in [0.05, 0.1) is 11.3 Å². The van der Waals surface area contributed by atoms with Gasteiger partial charge in [-0.1, -0.05) is 0 Å². The Hall–Kier alpha value is -1.33. The van der Waals surface area contributed by atoms with Crippen molar-refractivity contribution in [1.82, 2.24) is 9.78 Å². The third-order valence-electron chi connectivity index (χ3n) is 2.99. The summed E-state index contributed by atoms with van der Waals surface area (Å²) in [6.07, 6.45) is -2.66. The average Bonchev–Trinajstić information content (AvgIpc) is 2.94. The molecular formula is C11H13F3N2O. The number of nitrogens with zero attached hydrogens (tertiary/aromatic N) is 2. The number of aromatic nitrogens is 2. The Kier molecular flexibility index (Phi) is 2.75. The summed E-state index contributed by atoms with van der Waals surface area (Å²) in [7, 11) is 0. The Balaban J connectivity index is 2.33. The summed E-state index contributed by atoms with van der Waals surface area (Å²) in [5.74, 6) is -1.30. The van der Waals surface area contributed by atoms with Crippen molar-refractivity contribution in [2.24, 2.45) is 5.92 Å². The van der Waals surface area contributed by atoms with E-state index in [1.54, 1.807) is 0 Å². The zero-order valence-electron chi connectivity index (χ0n) is 9.64. The lowest BCUT2D eigenvalue weighted by Gasteiger charge is -2.06. The summed E-state index contributed by atoms with van der Waals surface area (Å²) in [5, 5.41) is 4.02. The van der Waals surface area contributed by atoms with Gasteiger partial charge in [-0.15, -0.1) is 0 Å². The van der Waals surface area contributed by atoms with Gasteiger partial charge in [0.25, 0.3) is 5.78 Å². The van der Waals surface area contributed by atoms with Gasteiger partial charge in [-0.25, -0.2) is 0 Å². The lowest BCUT2D eigenvalue weighted by atomic mass is 10.1. The van der Waals surface area contributed by atoms with E-state index in [9.17, 15) is 18.0 Å². The fourth-order valence-electron chi connectivity index (χ4n) is 1.89. The first-order valence-electron chi connectivity index (χ1n) is 5.46. The molecule has 0 aliphatic heterocycles. The van der Waals surface area contributed by atoms with E-state index >= 15 is 0 Å². The highest BCUT2D eigenvalue weighted by Crippen LogP contribution is 2.32. The van der Waals surface area contributed by atoms with Crippen molar-refractivity contribution in [2.45, 2.75) is 39.4 Å². The Bertz CT molecular complexity index is 458. The molecule has 3 nitrogen and oxygen atoms in total. The van der Waals surface area contributed by atoms with Crippen molar-refractivity contribution in [1.29, 1.82) is 0 Å². The highest BCUT2D eigenvalue weighted by molar-refractivity contribution is 6.02. The molecule has 17 heavy (non-hydrogen) atoms. The summed E-state index contributed by atoms with van der Waals surface area (Å²) in [4.78, 5) is 11.2. The van der Waals surface area contributed by atoms with E-state index < -0.39 is 12.0 Å². The van der Waals surface area contributed by atoms with E-state index in [2.05, 4.69) is 5.10 Å². The van der Waals surface area contributed by atoms with Gasteiger partial charge in [0.15, 0.2) is 0 Å². The number of ketones is 1. The molecule has 0 saturated heterocycles. The molecule has 0 amide bonds. The second-order valence-corrected chi connectivity index (χ2v) is 4.50. The van der Waals surface area contributed by atoms with Gasteiger partial charge < -0.3 is 0 Å². The minimum absolute atomic E-state index is 0.158. The summed E-state index contributed by atoms with van der Waals surface area (Å²) in [6.45, 7) is 3.56. The standard InChI is InChI=1S/C11H13F3N2O/c1-6-9(10(17)11(12,13)14)7(2)16(15-6)5-8-3-4-8/h8H,3-5H2,1-2H3. The first-order chi connectivity index (χ1) is 7.80. The number of hydrogen-bond acceptors (Lipinski definition) is 2. The van der Waals surface area contributed by atoms with E-state index in [4.69, 9.17) is 0 Å². The Morgan fingerprint density at radius 1 is 1.41 bits per heavy atom. The topological polar surface area (TPSA) is 34.9 Å². The smallest absolute Gasteiger partial charge is 0.284 e. The summed E-state index contributed by atoms with van der Waals surface area (Å²) >= 11 is 0. The van der Waals surface area contributed by atoms with Gasteiger partial charge in [-0.2, -0.15) is 18.3 Å². The molecule has 0 aromatic carbocycles. The molecule has 0 radical (unpaired) electrons. The zero-order chi connectivity index (χ0) is 12.8. The summed E-state index contributed by atoms with van der Waals surface area (Å²) in [6, 6.07) is 0. The molecule has 94 valence electrons. The number of Topliss-reactive ketones (excluding diaryl/α,β-unsaturated/α-hetero) is 1. The number of aryl methyl sites for hydroxylation is 1. The van der Waals surface area contributed by atoms with Gasteiger partial charge in [0, 0.05) is 12.2 Å². The molecule has 0 spiro atoms. The molecule has 1 heterocycles. The molecular weight excluding hydrogens is 233 g/mol. The van der Waals surface area contributed by atoms with E-state index in [0.29, 0.717) is 18.2 Å². The SMILES string of the molecule is Cc1nn(CC2CC2)c(C)c1C(=O)C(F)(F)F. The second kappa shape index (κ2) is 3.85. The van der Waals surface area contributed by atoms with Crippen molar-refractivity contribution in [3.05, 3.63) is 17.0 Å². The zero-order valence-corrected chi connectivity index (χ0v) is 9.64. The van der Waals surface area contributed by atoms with E-state index in [1.807, 2.05) is 0 Å². The predicted octanol–water partition coefficient (Wildman–Crippen LogP) is 2.65. The van der Waals surface area contributed by atoms with Gasteiger partial charge in [-0.3, -0.25) is 9.48 Å². The Morgan fingerprint density at radius 3 is 2.47 bits per heavy atom. The number of hydrogen-bond donors (Lipinski definition) is 0. The van der Waals surface area contributed by atoms with Gasteiger partial charge >= 0.3 is 6.18 Å². The maximum absolute atomic E-state index is 12.4. The van der Waals surface area contributed by atoms with Crippen LogP contribution < -0.4 is 0 Å². The van der Waals surface area contributed by atoms with Crippen molar-refractivity contribution in [3.8, 4) is 0 Å². The molecule has 0 bridgehead atoms. The van der Waals surface area contributed by atoms with E-state index in [0.717, 1.165) is 12.8 Å². The molecule has 1 aliphatic rings. The number of carbonyl (C=O) groups is 1. The summed E-state index contributed by atoms with van der Waals surface area (Å²) in [5.41, 5.74) is 0.181. The maximum Gasteiger partial charge on any atom is 0.455 e. The van der Waals surface area contributed by atoms with Crippen LogP contribution in [0.2, 0.25) is 0 Å². The van der Waals surface area contributed by atoms with Crippen molar-refractivity contribution >= 4 is 5.78 Å². The van der Waals surface area contributed by atoms with Crippen LogP contribution in [-0.4, -0.2) is 21.7 Å². The van der Waals surface area contributed by atoms with Crippen LogP contribution in [0.3, 0.4) is 0 Å². The molecule has 1 aromatic heterocycles. The first kappa shape index (κ1) is 12.1. The fourth-order valence-corrected chi connectivity index (χ4v) is 1.89.